The first kappa shape index (κ1) is 14.0. The van der Waals surface area contributed by atoms with Crippen LogP contribution in [0.15, 0.2) is 0 Å². The molecule has 2 atom stereocenters. The van der Waals surface area contributed by atoms with Crippen molar-refractivity contribution in [3.05, 3.63) is 0 Å². The smallest absolute Gasteiger partial charge is 0.235 e. The Morgan fingerprint density at radius 3 is 2.61 bits per heavy atom. The maximum absolute atomic E-state index is 11.7. The zero-order valence-electron chi connectivity index (χ0n) is 9.97. The summed E-state index contributed by atoms with van der Waals surface area (Å²) in [6.07, 6.45) is 0. The van der Waals surface area contributed by atoms with Crippen LogP contribution in [0.5, 0.6) is 0 Å². The second kappa shape index (κ2) is 5.73. The number of halogens is 1. The lowest BCUT2D eigenvalue weighted by molar-refractivity contribution is -0.119. The van der Waals surface area contributed by atoms with E-state index in [9.17, 15) is 13.2 Å². The highest BCUT2D eigenvalue weighted by Gasteiger charge is 2.41. The number of carbonyl (C=O) groups excluding carboxylic acids is 1. The van der Waals surface area contributed by atoms with E-state index in [1.165, 1.54) is 0 Å². The van der Waals surface area contributed by atoms with Crippen molar-refractivity contribution in [2.24, 2.45) is 0 Å². The molecule has 0 bridgehead atoms. The van der Waals surface area contributed by atoms with Crippen LogP contribution in [-0.2, 0) is 19.4 Å². The van der Waals surface area contributed by atoms with E-state index in [2.05, 4.69) is 10.2 Å². The Kier molecular flexibility index (Phi) is 4.47. The molecule has 2 aliphatic heterocycles. The van der Waals surface area contributed by atoms with E-state index in [-0.39, 0.29) is 35.4 Å². The number of hydrogen-bond donors (Lipinski definition) is 1. The van der Waals surface area contributed by atoms with Crippen LogP contribution in [-0.4, -0.2) is 75.0 Å². The Hall–Kier alpha value is -0.370. The maximum Gasteiger partial charge on any atom is 0.235 e. The third-order valence-corrected chi connectivity index (χ3v) is 5.26. The highest BCUT2D eigenvalue weighted by atomic mass is 35.5. The topological polar surface area (TPSA) is 75.7 Å². The van der Waals surface area contributed by atoms with Gasteiger partial charge in [-0.2, -0.15) is 0 Å². The number of carbonyl (C=O) groups is 1. The zero-order chi connectivity index (χ0) is 13.2. The van der Waals surface area contributed by atoms with E-state index in [0.717, 1.165) is 0 Å². The molecular formula is C10H17ClN2O4S. The largest absolute Gasteiger partial charge is 0.379 e. The van der Waals surface area contributed by atoms with Crippen LogP contribution in [0.1, 0.15) is 0 Å². The summed E-state index contributed by atoms with van der Waals surface area (Å²) in [5.74, 6) is -0.374. The minimum absolute atomic E-state index is 0.00233. The standard InChI is InChI=1S/C10H17ClN2O4S/c11-5-10(14)12-8-6-18(15,16)7-9(8)13-1-3-17-4-2-13/h8-9H,1-7H2,(H,12,14)/t8-,9+/m1/s1. The van der Waals surface area contributed by atoms with E-state index >= 15 is 0 Å². The van der Waals surface area contributed by atoms with Gasteiger partial charge in [0.2, 0.25) is 5.91 Å². The van der Waals surface area contributed by atoms with Crippen molar-refractivity contribution in [2.75, 3.05) is 43.7 Å². The van der Waals surface area contributed by atoms with Gasteiger partial charge in [-0.3, -0.25) is 9.69 Å². The first-order valence-electron chi connectivity index (χ1n) is 5.89. The number of sulfone groups is 1. The van der Waals surface area contributed by atoms with E-state index in [1.54, 1.807) is 0 Å². The number of amides is 1. The fraction of sp³-hybridized carbons (Fsp3) is 0.900. The predicted octanol–water partition coefficient (Wildman–Crippen LogP) is -1.16. The summed E-state index contributed by atoms with van der Waals surface area (Å²) in [5, 5.41) is 2.70. The monoisotopic (exact) mass is 296 g/mol. The normalized spacial score (nSPS) is 32.3. The van der Waals surface area contributed by atoms with Crippen molar-refractivity contribution >= 4 is 27.3 Å². The van der Waals surface area contributed by atoms with E-state index < -0.39 is 9.84 Å². The van der Waals surface area contributed by atoms with E-state index in [4.69, 9.17) is 16.3 Å². The number of ether oxygens (including phenoxy) is 1. The van der Waals surface area contributed by atoms with E-state index in [1.807, 2.05) is 0 Å². The van der Waals surface area contributed by atoms with Crippen LogP contribution in [0.4, 0.5) is 0 Å². The van der Waals surface area contributed by atoms with Gasteiger partial charge in [-0.05, 0) is 0 Å². The Labute approximate surface area is 112 Å². The minimum atomic E-state index is -3.09. The summed E-state index contributed by atoms with van der Waals surface area (Å²) in [6, 6.07) is -0.523. The van der Waals surface area contributed by atoms with Gasteiger partial charge in [0.25, 0.3) is 0 Å². The number of alkyl halides is 1. The molecule has 0 aromatic heterocycles. The summed E-state index contributed by atoms with van der Waals surface area (Å²) in [6.45, 7) is 2.61. The van der Waals surface area contributed by atoms with Crippen molar-refractivity contribution in [3.8, 4) is 0 Å². The molecule has 0 aliphatic carbocycles. The van der Waals surface area contributed by atoms with Gasteiger partial charge in [0.15, 0.2) is 9.84 Å². The van der Waals surface area contributed by atoms with Crippen molar-refractivity contribution in [3.63, 3.8) is 0 Å². The molecule has 104 valence electrons. The van der Waals surface area contributed by atoms with Gasteiger partial charge in [-0.15, -0.1) is 11.6 Å². The molecule has 0 saturated carbocycles. The minimum Gasteiger partial charge on any atom is -0.379 e. The molecular weight excluding hydrogens is 280 g/mol. The number of morpholine rings is 1. The van der Waals surface area contributed by atoms with Crippen LogP contribution in [0, 0.1) is 0 Å². The fourth-order valence-corrected chi connectivity index (χ4v) is 4.51. The summed E-state index contributed by atoms with van der Waals surface area (Å²) in [5.41, 5.74) is 0. The number of hydrogen-bond acceptors (Lipinski definition) is 5. The molecule has 2 rings (SSSR count). The Balaban J connectivity index is 2.07. The second-order valence-corrected chi connectivity index (χ2v) is 7.02. The lowest BCUT2D eigenvalue weighted by Crippen LogP contribution is -2.54. The quantitative estimate of drug-likeness (QED) is 0.665. The zero-order valence-corrected chi connectivity index (χ0v) is 11.5. The third-order valence-electron chi connectivity index (χ3n) is 3.31. The van der Waals surface area contributed by atoms with Gasteiger partial charge in [0, 0.05) is 19.1 Å². The molecule has 2 saturated heterocycles. The molecule has 1 N–H and O–H groups in total. The van der Waals surface area contributed by atoms with Crippen LogP contribution < -0.4 is 5.32 Å². The van der Waals surface area contributed by atoms with Gasteiger partial charge >= 0.3 is 0 Å². The average Bonchev–Trinajstić information content (AvgIpc) is 2.65. The van der Waals surface area contributed by atoms with Gasteiger partial charge in [0.05, 0.1) is 30.8 Å². The van der Waals surface area contributed by atoms with Crippen LogP contribution in [0.3, 0.4) is 0 Å². The first-order valence-corrected chi connectivity index (χ1v) is 8.25. The highest BCUT2D eigenvalue weighted by Crippen LogP contribution is 2.19. The SMILES string of the molecule is O=C(CCl)N[C@@H]1CS(=O)(=O)C[C@@H]1N1CCOCC1. The molecule has 2 aliphatic rings. The van der Waals surface area contributed by atoms with Gasteiger partial charge in [0.1, 0.15) is 5.88 Å². The molecule has 2 heterocycles. The van der Waals surface area contributed by atoms with Gasteiger partial charge < -0.3 is 10.1 Å². The van der Waals surface area contributed by atoms with Crippen LogP contribution >= 0.6 is 11.6 Å². The molecule has 6 nitrogen and oxygen atoms in total. The molecule has 1 amide bonds. The summed E-state index contributed by atoms with van der Waals surface area (Å²) in [7, 11) is -3.09. The Morgan fingerprint density at radius 1 is 1.33 bits per heavy atom. The van der Waals surface area contributed by atoms with Gasteiger partial charge in [-0.1, -0.05) is 0 Å². The number of nitrogens with zero attached hydrogens (tertiary/aromatic N) is 1. The lowest BCUT2D eigenvalue weighted by atomic mass is 10.1. The maximum atomic E-state index is 11.7. The summed E-state index contributed by atoms with van der Waals surface area (Å²) >= 11 is 5.44. The van der Waals surface area contributed by atoms with Crippen molar-refractivity contribution < 1.29 is 17.9 Å². The fourth-order valence-electron chi connectivity index (χ4n) is 2.48. The van der Waals surface area contributed by atoms with Crippen LogP contribution in [0.2, 0.25) is 0 Å². The van der Waals surface area contributed by atoms with Crippen molar-refractivity contribution in [2.45, 2.75) is 12.1 Å². The molecule has 0 aromatic rings. The molecule has 0 spiro atoms. The second-order valence-electron chi connectivity index (χ2n) is 4.60. The third kappa shape index (κ3) is 3.34. The molecule has 0 aromatic carbocycles. The molecule has 0 unspecified atom stereocenters. The van der Waals surface area contributed by atoms with E-state index in [0.29, 0.717) is 26.3 Å². The highest BCUT2D eigenvalue weighted by molar-refractivity contribution is 7.91. The molecule has 8 heteroatoms. The van der Waals surface area contributed by atoms with Gasteiger partial charge in [-0.25, -0.2) is 8.42 Å². The molecule has 0 radical (unpaired) electrons. The Morgan fingerprint density at radius 2 is 2.00 bits per heavy atom. The molecule has 2 fully saturated rings. The van der Waals surface area contributed by atoms with Crippen LogP contribution in [0.25, 0.3) is 0 Å². The Bertz CT molecular complexity index is 408. The molecule has 18 heavy (non-hydrogen) atoms. The average molecular weight is 297 g/mol. The van der Waals surface area contributed by atoms with Crippen molar-refractivity contribution in [1.82, 2.24) is 10.2 Å². The summed E-state index contributed by atoms with van der Waals surface area (Å²) in [4.78, 5) is 13.4. The predicted molar refractivity (Wildman–Crippen MR) is 67.5 cm³/mol. The number of nitrogens with one attached hydrogen (secondary N) is 1. The lowest BCUT2D eigenvalue weighted by Gasteiger charge is -2.34. The first-order chi connectivity index (χ1) is 8.52. The van der Waals surface area contributed by atoms with Crippen molar-refractivity contribution in [1.29, 1.82) is 0 Å². The number of rotatable bonds is 3. The summed E-state index contributed by atoms with van der Waals surface area (Å²) < 4.78 is 28.7.